The fourth-order valence-electron chi connectivity index (χ4n) is 0.986. The van der Waals surface area contributed by atoms with Gasteiger partial charge in [0.25, 0.3) is 0 Å². The molecule has 2 atom stereocenters. The molecular formula is C6H8N2. The molecular weight excluding hydrogens is 100 g/mol. The van der Waals surface area contributed by atoms with Gasteiger partial charge in [0.2, 0.25) is 0 Å². The molecule has 42 valence electrons. The highest BCUT2D eigenvalue weighted by atomic mass is 15.0. The Morgan fingerprint density at radius 1 is 1.75 bits per heavy atom. The first kappa shape index (κ1) is 4.24. The highest BCUT2D eigenvalue weighted by molar-refractivity contribution is 5.91. The maximum Gasteiger partial charge on any atom is 0.120 e. The van der Waals surface area contributed by atoms with Gasteiger partial charge in [-0.3, -0.25) is 4.99 Å². The Hall–Kier alpha value is -0.660. The van der Waals surface area contributed by atoms with Crippen molar-refractivity contribution in [1.82, 2.24) is 0 Å². The van der Waals surface area contributed by atoms with E-state index in [4.69, 9.17) is 0 Å². The molecule has 2 nitrogen and oxygen atoms in total. The number of rotatable bonds is 0. The van der Waals surface area contributed by atoms with Gasteiger partial charge >= 0.3 is 0 Å². The Morgan fingerprint density at radius 3 is 3.25 bits per heavy atom. The van der Waals surface area contributed by atoms with Crippen molar-refractivity contribution in [2.75, 3.05) is 0 Å². The quantitative estimate of drug-likeness (QED) is 0.440. The minimum Gasteiger partial charge on any atom is -0.267 e. The maximum absolute atomic E-state index is 4.28. The van der Waals surface area contributed by atoms with E-state index in [2.05, 4.69) is 9.98 Å². The topological polar surface area (TPSA) is 24.7 Å². The third-order valence-corrected chi connectivity index (χ3v) is 1.61. The van der Waals surface area contributed by atoms with E-state index in [1.165, 1.54) is 6.42 Å². The van der Waals surface area contributed by atoms with Gasteiger partial charge in [-0.2, -0.15) is 0 Å². The van der Waals surface area contributed by atoms with E-state index >= 15 is 0 Å². The zero-order valence-corrected chi connectivity index (χ0v) is 4.83. The molecule has 1 aliphatic carbocycles. The summed E-state index contributed by atoms with van der Waals surface area (Å²) < 4.78 is 0. The van der Waals surface area contributed by atoms with Crippen molar-refractivity contribution in [3.8, 4) is 0 Å². The largest absolute Gasteiger partial charge is 0.267 e. The Balaban J connectivity index is 2.28. The summed E-state index contributed by atoms with van der Waals surface area (Å²) >= 11 is 0. The first-order chi connectivity index (χ1) is 3.86. The lowest BCUT2D eigenvalue weighted by atomic mass is 10.4. The SMILES string of the molecule is CC1=NC2CC2C=N1. The van der Waals surface area contributed by atoms with E-state index in [9.17, 15) is 0 Å². The van der Waals surface area contributed by atoms with Crippen molar-refractivity contribution in [3.05, 3.63) is 0 Å². The van der Waals surface area contributed by atoms with Crippen molar-refractivity contribution >= 4 is 12.1 Å². The third kappa shape index (κ3) is 0.489. The van der Waals surface area contributed by atoms with Gasteiger partial charge in [-0.25, -0.2) is 4.99 Å². The monoisotopic (exact) mass is 108 g/mol. The van der Waals surface area contributed by atoms with E-state index in [0.29, 0.717) is 12.0 Å². The van der Waals surface area contributed by atoms with Crippen LogP contribution < -0.4 is 0 Å². The summed E-state index contributed by atoms with van der Waals surface area (Å²) in [5, 5.41) is 0. The highest BCUT2D eigenvalue weighted by Gasteiger charge is 2.37. The molecule has 8 heavy (non-hydrogen) atoms. The molecule has 1 aliphatic heterocycles. The van der Waals surface area contributed by atoms with Gasteiger partial charge in [-0.1, -0.05) is 0 Å². The molecule has 0 aromatic carbocycles. The van der Waals surface area contributed by atoms with Crippen LogP contribution in [0.2, 0.25) is 0 Å². The van der Waals surface area contributed by atoms with Crippen LogP contribution in [-0.4, -0.2) is 18.1 Å². The molecule has 2 heteroatoms. The number of fused-ring (bicyclic) bond motifs is 1. The number of hydrogen-bond acceptors (Lipinski definition) is 2. The molecule has 0 N–H and O–H groups in total. The van der Waals surface area contributed by atoms with Crippen molar-refractivity contribution in [2.45, 2.75) is 19.4 Å². The van der Waals surface area contributed by atoms with Gasteiger partial charge in [-0.05, 0) is 13.3 Å². The van der Waals surface area contributed by atoms with E-state index in [1.807, 2.05) is 13.1 Å². The predicted octanol–water partition coefficient (Wildman–Crippen LogP) is 0.878. The summed E-state index contributed by atoms with van der Waals surface area (Å²) in [6.07, 6.45) is 3.26. The van der Waals surface area contributed by atoms with E-state index < -0.39 is 0 Å². The molecule has 0 radical (unpaired) electrons. The number of hydrogen-bond donors (Lipinski definition) is 0. The molecule has 2 unspecified atom stereocenters. The van der Waals surface area contributed by atoms with Crippen molar-refractivity contribution in [2.24, 2.45) is 15.9 Å². The molecule has 0 amide bonds. The third-order valence-electron chi connectivity index (χ3n) is 1.61. The fourth-order valence-corrected chi connectivity index (χ4v) is 0.986. The number of nitrogens with zero attached hydrogens (tertiary/aromatic N) is 2. The summed E-state index contributed by atoms with van der Waals surface area (Å²) in [6.45, 7) is 1.95. The van der Waals surface area contributed by atoms with Crippen molar-refractivity contribution in [3.63, 3.8) is 0 Å². The summed E-state index contributed by atoms with van der Waals surface area (Å²) in [5.74, 6) is 1.66. The van der Waals surface area contributed by atoms with Gasteiger partial charge in [0, 0.05) is 12.1 Å². The normalized spacial score (nSPS) is 40.9. The smallest absolute Gasteiger partial charge is 0.120 e. The minimum atomic E-state index is 0.618. The molecule has 0 aromatic rings. The average molecular weight is 108 g/mol. The maximum atomic E-state index is 4.28. The second-order valence-electron chi connectivity index (χ2n) is 2.42. The molecule has 1 fully saturated rings. The minimum absolute atomic E-state index is 0.618. The summed E-state index contributed by atoms with van der Waals surface area (Å²) in [4.78, 5) is 8.35. The van der Waals surface area contributed by atoms with Crippen LogP contribution in [0.4, 0.5) is 0 Å². The number of aliphatic imine (C=N–C) groups is 2. The van der Waals surface area contributed by atoms with E-state index in [-0.39, 0.29) is 0 Å². The molecule has 1 saturated carbocycles. The van der Waals surface area contributed by atoms with Crippen LogP contribution in [0, 0.1) is 5.92 Å². The van der Waals surface area contributed by atoms with Gasteiger partial charge in [0.15, 0.2) is 0 Å². The number of amidine groups is 1. The Morgan fingerprint density at radius 2 is 2.62 bits per heavy atom. The van der Waals surface area contributed by atoms with Crippen LogP contribution >= 0.6 is 0 Å². The van der Waals surface area contributed by atoms with E-state index in [0.717, 1.165) is 5.84 Å². The molecule has 2 aliphatic rings. The van der Waals surface area contributed by atoms with Crippen molar-refractivity contribution in [1.29, 1.82) is 0 Å². The zero-order valence-electron chi connectivity index (χ0n) is 4.83. The van der Waals surface area contributed by atoms with Crippen LogP contribution in [0.5, 0.6) is 0 Å². The predicted molar refractivity (Wildman–Crippen MR) is 33.5 cm³/mol. The lowest BCUT2D eigenvalue weighted by molar-refractivity contribution is 0.994. The van der Waals surface area contributed by atoms with E-state index in [1.54, 1.807) is 0 Å². The van der Waals surface area contributed by atoms with Crippen LogP contribution in [0.3, 0.4) is 0 Å². The lowest BCUT2D eigenvalue weighted by Gasteiger charge is -1.95. The molecule has 1 heterocycles. The molecule has 0 aromatic heterocycles. The van der Waals surface area contributed by atoms with Gasteiger partial charge in [0.05, 0.1) is 6.04 Å². The summed E-state index contributed by atoms with van der Waals surface area (Å²) in [7, 11) is 0. The highest BCUT2D eigenvalue weighted by Crippen LogP contribution is 2.34. The molecule has 2 rings (SSSR count). The molecule has 0 saturated heterocycles. The first-order valence-electron chi connectivity index (χ1n) is 2.95. The van der Waals surface area contributed by atoms with Crippen LogP contribution in [0.15, 0.2) is 9.98 Å². The lowest BCUT2D eigenvalue weighted by Crippen LogP contribution is -1.99. The second-order valence-corrected chi connectivity index (χ2v) is 2.42. The van der Waals surface area contributed by atoms with Crippen LogP contribution in [0.25, 0.3) is 0 Å². The summed E-state index contributed by atoms with van der Waals surface area (Å²) in [5.41, 5.74) is 0. The summed E-state index contributed by atoms with van der Waals surface area (Å²) in [6, 6.07) is 0.618. The fraction of sp³-hybridized carbons (Fsp3) is 0.667. The zero-order chi connectivity index (χ0) is 5.56. The molecule has 0 bridgehead atoms. The first-order valence-corrected chi connectivity index (χ1v) is 2.95. The Bertz CT molecular complexity index is 169. The standard InChI is InChI=1S/C6H8N2/c1-4-7-3-5-2-6(5)8-4/h3,5-6H,2H2,1H3. The van der Waals surface area contributed by atoms with Gasteiger partial charge in [-0.15, -0.1) is 0 Å². The Kier molecular flexibility index (Phi) is 0.629. The molecule has 0 spiro atoms. The van der Waals surface area contributed by atoms with Crippen molar-refractivity contribution < 1.29 is 0 Å². The van der Waals surface area contributed by atoms with Gasteiger partial charge < -0.3 is 0 Å². The van der Waals surface area contributed by atoms with Gasteiger partial charge in [0.1, 0.15) is 5.84 Å². The second kappa shape index (κ2) is 1.19. The van der Waals surface area contributed by atoms with Crippen LogP contribution in [0.1, 0.15) is 13.3 Å². The van der Waals surface area contributed by atoms with Crippen LogP contribution in [-0.2, 0) is 0 Å². The average Bonchev–Trinajstić information content (AvgIpc) is 2.43. The Labute approximate surface area is 48.3 Å².